The molecule has 0 aliphatic carbocycles. The van der Waals surface area contributed by atoms with Crippen molar-refractivity contribution in [2.24, 2.45) is 2.98 Å². The molecule has 1 aliphatic heterocycles. The fourth-order valence-corrected chi connectivity index (χ4v) is 5.92. The zero-order chi connectivity index (χ0) is 9.10. The van der Waals surface area contributed by atoms with Crippen molar-refractivity contribution in [1.29, 1.82) is 0 Å². The van der Waals surface area contributed by atoms with Crippen molar-refractivity contribution < 1.29 is 0 Å². The molecule has 0 spiro atoms. The molecule has 0 fully saturated rings. The number of nitrogens with zero attached hydrogens (tertiary/aromatic N) is 3. The summed E-state index contributed by atoms with van der Waals surface area (Å²) in [6, 6.07) is 1.90. The van der Waals surface area contributed by atoms with Crippen LogP contribution in [0.2, 0.25) is 4.68 Å². The minimum atomic E-state index is -1.59. The van der Waals surface area contributed by atoms with Crippen LogP contribution in [0, 0.1) is 0 Å². The van der Waals surface area contributed by atoms with Gasteiger partial charge in [-0.2, -0.15) is 0 Å². The number of hydrogen-bond acceptors (Lipinski definition) is 4. The summed E-state index contributed by atoms with van der Waals surface area (Å²) >= 11 is -1.59. The van der Waals surface area contributed by atoms with Gasteiger partial charge in [-0.3, -0.25) is 0 Å². The van der Waals surface area contributed by atoms with E-state index < -0.39 is 21.7 Å². The first-order valence-electron chi connectivity index (χ1n) is 4.40. The molecule has 5 heteroatoms. The second-order valence-electron chi connectivity index (χ2n) is 3.15. The molecule has 1 aliphatic rings. The van der Waals surface area contributed by atoms with Crippen molar-refractivity contribution in [3.05, 3.63) is 18.6 Å². The van der Waals surface area contributed by atoms with Gasteiger partial charge in [0, 0.05) is 0 Å². The van der Waals surface area contributed by atoms with Crippen LogP contribution in [0.1, 0.15) is 6.42 Å². The fraction of sp³-hybridized carbons (Fsp3) is 0.375. The zero-order valence-corrected chi connectivity index (χ0v) is 10.8. The normalized spacial score (nSPS) is 20.7. The van der Waals surface area contributed by atoms with E-state index in [1.165, 1.54) is 0 Å². The Bertz CT molecular complexity index is 300. The molecule has 0 bridgehead atoms. The summed E-state index contributed by atoms with van der Waals surface area (Å²) < 4.78 is 7.40. The average molecular weight is 278 g/mol. The van der Waals surface area contributed by atoms with Gasteiger partial charge >= 0.3 is 85.5 Å². The van der Waals surface area contributed by atoms with Crippen molar-refractivity contribution in [2.45, 2.75) is 14.9 Å². The van der Waals surface area contributed by atoms with Crippen LogP contribution < -0.4 is 5.32 Å². The SMILES string of the molecule is [CH3][In]1[N]=CC[CH]1Nc1ccncn1. The number of aromatic nitrogens is 2. The van der Waals surface area contributed by atoms with Crippen LogP contribution in [0.5, 0.6) is 0 Å². The average Bonchev–Trinajstić information content (AvgIpc) is 2.54. The molecule has 1 aromatic heterocycles. The predicted octanol–water partition coefficient (Wildman–Crippen LogP) is 0.892. The van der Waals surface area contributed by atoms with Gasteiger partial charge in [0.25, 0.3) is 0 Å². The first-order chi connectivity index (χ1) is 6.36. The summed E-state index contributed by atoms with van der Waals surface area (Å²) in [4.78, 5) is 8.01. The molecule has 66 valence electrons. The summed E-state index contributed by atoms with van der Waals surface area (Å²) in [5.74, 6) is 0.925. The molecule has 4 nitrogen and oxygen atoms in total. The Morgan fingerprint density at radius 1 is 1.62 bits per heavy atom. The number of hydrogen-bond donors (Lipinski definition) is 1. The van der Waals surface area contributed by atoms with E-state index in [-0.39, 0.29) is 0 Å². The van der Waals surface area contributed by atoms with Crippen LogP contribution in [0.25, 0.3) is 0 Å². The molecule has 1 unspecified atom stereocenters. The monoisotopic (exact) mass is 278 g/mol. The van der Waals surface area contributed by atoms with E-state index in [1.807, 2.05) is 6.07 Å². The molecule has 1 aromatic rings. The third kappa shape index (κ3) is 2.21. The van der Waals surface area contributed by atoms with Crippen molar-refractivity contribution >= 4 is 33.8 Å². The van der Waals surface area contributed by atoms with E-state index in [0.29, 0.717) is 3.80 Å². The van der Waals surface area contributed by atoms with E-state index in [9.17, 15) is 0 Å². The van der Waals surface area contributed by atoms with Gasteiger partial charge in [-0.1, -0.05) is 0 Å². The Hall–Kier alpha value is -0.580. The number of rotatable bonds is 2. The van der Waals surface area contributed by atoms with Gasteiger partial charge in [0.1, 0.15) is 0 Å². The maximum absolute atomic E-state index is 4.49. The Morgan fingerprint density at radius 3 is 3.15 bits per heavy atom. The molecule has 13 heavy (non-hydrogen) atoms. The second kappa shape index (κ2) is 4.09. The molecule has 2 heterocycles. The maximum atomic E-state index is 4.49. The number of anilines is 1. The van der Waals surface area contributed by atoms with Crippen molar-refractivity contribution in [2.75, 3.05) is 5.32 Å². The van der Waals surface area contributed by atoms with E-state index in [4.69, 9.17) is 0 Å². The Morgan fingerprint density at radius 2 is 2.54 bits per heavy atom. The zero-order valence-electron chi connectivity index (χ0n) is 7.51. The molecule has 0 saturated carbocycles. The predicted molar refractivity (Wildman–Crippen MR) is 54.2 cm³/mol. The fourth-order valence-electron chi connectivity index (χ4n) is 1.39. The van der Waals surface area contributed by atoms with Gasteiger partial charge in [0.05, 0.1) is 0 Å². The summed E-state index contributed by atoms with van der Waals surface area (Å²) in [5.41, 5.74) is 0. The van der Waals surface area contributed by atoms with Crippen molar-refractivity contribution in [3.63, 3.8) is 0 Å². The van der Waals surface area contributed by atoms with Crippen LogP contribution in [0.4, 0.5) is 5.82 Å². The van der Waals surface area contributed by atoms with Crippen LogP contribution in [0.3, 0.4) is 0 Å². The molecule has 1 N–H and O–H groups in total. The Kier molecular flexibility index (Phi) is 2.83. The van der Waals surface area contributed by atoms with Crippen LogP contribution in [-0.4, -0.2) is 41.7 Å². The molecule has 0 amide bonds. The molecule has 0 aromatic carbocycles. The topological polar surface area (TPSA) is 50.2 Å². The van der Waals surface area contributed by atoms with Gasteiger partial charge in [-0.05, 0) is 0 Å². The van der Waals surface area contributed by atoms with Crippen LogP contribution >= 0.6 is 0 Å². The molecule has 1 atom stereocenters. The molecule has 0 radical (unpaired) electrons. The second-order valence-corrected chi connectivity index (χ2v) is 10.5. The van der Waals surface area contributed by atoms with Crippen molar-refractivity contribution in [3.8, 4) is 0 Å². The van der Waals surface area contributed by atoms with Gasteiger partial charge in [-0.25, -0.2) is 0 Å². The van der Waals surface area contributed by atoms with Gasteiger partial charge in [0.2, 0.25) is 0 Å². The van der Waals surface area contributed by atoms with Crippen LogP contribution in [-0.2, 0) is 0 Å². The molecular formula is C8H11InN4. The summed E-state index contributed by atoms with van der Waals surface area (Å²) in [5, 5.41) is 3.41. The minimum absolute atomic E-state index is 0.594. The molecule has 2 rings (SSSR count). The van der Waals surface area contributed by atoms with Crippen molar-refractivity contribution in [1.82, 2.24) is 9.97 Å². The number of nitrogens with one attached hydrogen (secondary N) is 1. The third-order valence-electron chi connectivity index (χ3n) is 2.20. The summed E-state index contributed by atoms with van der Waals surface area (Å²) in [6.45, 7) is 0. The van der Waals surface area contributed by atoms with Gasteiger partial charge in [-0.15, -0.1) is 0 Å². The van der Waals surface area contributed by atoms with Crippen LogP contribution in [0.15, 0.2) is 21.6 Å². The van der Waals surface area contributed by atoms with E-state index >= 15 is 0 Å². The summed E-state index contributed by atoms with van der Waals surface area (Å²) in [6.07, 6.45) is 6.45. The quantitative estimate of drug-likeness (QED) is 0.874. The Balaban J connectivity index is 1.99. The van der Waals surface area contributed by atoms with Gasteiger partial charge < -0.3 is 0 Å². The molecular weight excluding hydrogens is 267 g/mol. The first-order valence-corrected chi connectivity index (χ1v) is 11.1. The molecule has 0 saturated heterocycles. The standard InChI is InChI=1S/C7H8N4.CH3.In/c8-3-1-4-10-7-2-5-9-6-11-7;;/h2-6H,1H2,(H,9,10,11);1H3;/q-1;;+1. The summed E-state index contributed by atoms with van der Waals surface area (Å²) in [7, 11) is 0. The van der Waals surface area contributed by atoms with Gasteiger partial charge in [0.15, 0.2) is 0 Å². The third-order valence-corrected chi connectivity index (χ3v) is 8.72. The van der Waals surface area contributed by atoms with E-state index in [2.05, 4.69) is 29.2 Å². The van der Waals surface area contributed by atoms with E-state index in [0.717, 1.165) is 12.2 Å². The van der Waals surface area contributed by atoms with E-state index in [1.54, 1.807) is 12.5 Å². The first kappa shape index (κ1) is 8.99. The Labute approximate surface area is 85.4 Å².